The molecule has 0 aliphatic heterocycles. The average Bonchev–Trinajstić information content (AvgIpc) is 1.25. The van der Waals surface area contributed by atoms with Crippen LogP contribution in [0, 0.1) is 0 Å². The fraction of sp³-hybridized carbons (Fsp3) is 1.00. The Kier molecular flexibility index (Phi) is 3.03. The third-order valence-corrected chi connectivity index (χ3v) is 3.90. The molecular weight excluding hydrogens is 179 g/mol. The van der Waals surface area contributed by atoms with Crippen molar-refractivity contribution in [3.63, 3.8) is 0 Å². The van der Waals surface area contributed by atoms with Crippen LogP contribution in [0.15, 0.2) is 0 Å². The first-order valence-electron chi connectivity index (χ1n) is 2.54. The maximum atomic E-state index is 5.95. The Labute approximate surface area is 66.4 Å². The van der Waals surface area contributed by atoms with E-state index in [1.165, 1.54) is 0 Å². The SMILES string of the molecule is CCCP(C)(S)(S)Cl. The number of thiol groups is 2. The first kappa shape index (κ1) is 9.42. The minimum absolute atomic E-state index is 0.930. The predicted molar refractivity (Wildman–Crippen MR) is 51.8 cm³/mol. The molecule has 0 amide bonds. The van der Waals surface area contributed by atoms with Crippen molar-refractivity contribution in [2.24, 2.45) is 0 Å². The molecule has 0 radical (unpaired) electrons. The van der Waals surface area contributed by atoms with Crippen molar-refractivity contribution in [2.75, 3.05) is 12.8 Å². The standard InChI is InChI=1S/C4H12ClPS2/c1-3-4-6(2,5,7)8/h7-8H,3-4H2,1-2H3. The van der Waals surface area contributed by atoms with Gasteiger partial charge >= 0.3 is 66.3 Å². The molecule has 0 aliphatic carbocycles. The number of rotatable bonds is 2. The second-order valence-electron chi connectivity index (χ2n) is 2.25. The van der Waals surface area contributed by atoms with E-state index in [1.807, 2.05) is 6.66 Å². The van der Waals surface area contributed by atoms with E-state index in [2.05, 4.69) is 31.4 Å². The van der Waals surface area contributed by atoms with Gasteiger partial charge in [0, 0.05) is 0 Å². The fourth-order valence-corrected chi connectivity index (χ4v) is 3.23. The monoisotopic (exact) mass is 190 g/mol. The molecule has 0 aliphatic rings. The van der Waals surface area contributed by atoms with E-state index in [1.54, 1.807) is 0 Å². The Morgan fingerprint density at radius 3 is 1.88 bits per heavy atom. The molecule has 0 heterocycles. The van der Waals surface area contributed by atoms with Crippen molar-refractivity contribution >= 4 is 40.1 Å². The van der Waals surface area contributed by atoms with Crippen molar-refractivity contribution in [1.29, 1.82) is 0 Å². The van der Waals surface area contributed by atoms with Gasteiger partial charge < -0.3 is 0 Å². The molecule has 0 bridgehead atoms. The van der Waals surface area contributed by atoms with Crippen molar-refractivity contribution < 1.29 is 0 Å². The summed E-state index contributed by atoms with van der Waals surface area (Å²) < 4.78 is -2.24. The van der Waals surface area contributed by atoms with Crippen LogP contribution in [0.25, 0.3) is 0 Å². The van der Waals surface area contributed by atoms with Gasteiger partial charge in [-0.15, -0.1) is 0 Å². The topological polar surface area (TPSA) is 0 Å². The van der Waals surface area contributed by atoms with Gasteiger partial charge in [-0.25, -0.2) is 0 Å². The molecule has 0 aromatic carbocycles. The summed E-state index contributed by atoms with van der Waals surface area (Å²) in [5, 5.41) is 0. The Morgan fingerprint density at radius 2 is 1.88 bits per heavy atom. The third-order valence-electron chi connectivity index (χ3n) is 0.732. The second-order valence-corrected chi connectivity index (χ2v) is 17.4. The summed E-state index contributed by atoms with van der Waals surface area (Å²) in [7, 11) is 0. The molecular formula is C4H12ClPS2. The Hall–Kier alpha value is 1.42. The predicted octanol–water partition coefficient (Wildman–Crippen LogP) is 3.42. The van der Waals surface area contributed by atoms with Gasteiger partial charge in [-0.2, -0.15) is 0 Å². The van der Waals surface area contributed by atoms with Gasteiger partial charge in [0.1, 0.15) is 0 Å². The van der Waals surface area contributed by atoms with E-state index in [0.29, 0.717) is 0 Å². The zero-order valence-corrected chi connectivity index (χ0v) is 8.57. The third kappa shape index (κ3) is 7.42. The summed E-state index contributed by atoms with van der Waals surface area (Å²) in [6.07, 6.45) is 1.99. The van der Waals surface area contributed by atoms with Crippen molar-refractivity contribution in [3.05, 3.63) is 0 Å². The summed E-state index contributed by atoms with van der Waals surface area (Å²) in [5.41, 5.74) is 0. The van der Waals surface area contributed by atoms with Crippen molar-refractivity contribution in [2.45, 2.75) is 13.3 Å². The summed E-state index contributed by atoms with van der Waals surface area (Å²) in [5.74, 6) is 0. The molecule has 0 spiro atoms. The van der Waals surface area contributed by atoms with Gasteiger partial charge in [-0.05, 0) is 0 Å². The molecule has 0 unspecified atom stereocenters. The second kappa shape index (κ2) is 2.57. The van der Waals surface area contributed by atoms with Gasteiger partial charge in [0.25, 0.3) is 0 Å². The maximum absolute atomic E-state index is 5.95. The van der Waals surface area contributed by atoms with Crippen molar-refractivity contribution in [3.8, 4) is 0 Å². The molecule has 0 aromatic heterocycles. The van der Waals surface area contributed by atoms with Crippen LogP contribution in [0.2, 0.25) is 0 Å². The summed E-state index contributed by atoms with van der Waals surface area (Å²) in [4.78, 5) is 0. The quantitative estimate of drug-likeness (QED) is 0.484. The van der Waals surface area contributed by atoms with Crippen LogP contribution in [-0.2, 0) is 0 Å². The van der Waals surface area contributed by atoms with E-state index < -0.39 is 4.36 Å². The molecule has 0 N–H and O–H groups in total. The summed E-state index contributed by atoms with van der Waals surface area (Å²) in [6.45, 7) is 4.00. The van der Waals surface area contributed by atoms with E-state index in [4.69, 9.17) is 11.2 Å². The fourth-order valence-electron chi connectivity index (χ4n) is 0.508. The molecule has 0 rings (SSSR count). The van der Waals surface area contributed by atoms with E-state index in [9.17, 15) is 0 Å². The number of hydrogen-bond donors (Lipinski definition) is 2. The molecule has 0 saturated heterocycles. The normalized spacial score (nSPS) is 17.4. The number of hydrogen-bond acceptors (Lipinski definition) is 2. The Balaban J connectivity index is 3.73. The molecule has 0 saturated carbocycles. The molecule has 0 fully saturated rings. The minimum atomic E-state index is -2.24. The van der Waals surface area contributed by atoms with Gasteiger partial charge in [0.05, 0.1) is 0 Å². The first-order valence-corrected chi connectivity index (χ1v) is 8.62. The van der Waals surface area contributed by atoms with Crippen LogP contribution in [0.1, 0.15) is 13.3 Å². The van der Waals surface area contributed by atoms with Crippen LogP contribution in [0.4, 0.5) is 0 Å². The zero-order chi connectivity index (χ0) is 6.86. The Morgan fingerprint density at radius 1 is 1.50 bits per heavy atom. The average molecular weight is 191 g/mol. The summed E-state index contributed by atoms with van der Waals surface area (Å²) >= 11 is 14.5. The van der Waals surface area contributed by atoms with Gasteiger partial charge in [0.2, 0.25) is 0 Å². The molecule has 0 aromatic rings. The van der Waals surface area contributed by atoms with Crippen LogP contribution in [0.5, 0.6) is 0 Å². The molecule has 0 atom stereocenters. The molecule has 4 heteroatoms. The van der Waals surface area contributed by atoms with E-state index in [-0.39, 0.29) is 0 Å². The van der Waals surface area contributed by atoms with Crippen LogP contribution < -0.4 is 0 Å². The van der Waals surface area contributed by atoms with Gasteiger partial charge in [-0.1, -0.05) is 0 Å². The van der Waals surface area contributed by atoms with E-state index >= 15 is 0 Å². The van der Waals surface area contributed by atoms with Gasteiger partial charge in [-0.3, -0.25) is 0 Å². The van der Waals surface area contributed by atoms with E-state index in [0.717, 1.165) is 12.6 Å². The summed E-state index contributed by atoms with van der Waals surface area (Å²) in [6, 6.07) is 0. The molecule has 0 nitrogen and oxygen atoms in total. The molecule has 8 heavy (non-hydrogen) atoms. The van der Waals surface area contributed by atoms with Crippen molar-refractivity contribution in [1.82, 2.24) is 0 Å². The Bertz CT molecular complexity index is 76.5. The number of halogens is 1. The van der Waals surface area contributed by atoms with Crippen LogP contribution in [-0.4, -0.2) is 12.8 Å². The zero-order valence-electron chi connectivity index (χ0n) is 5.13. The van der Waals surface area contributed by atoms with Crippen LogP contribution in [0.3, 0.4) is 0 Å². The molecule has 52 valence electrons. The van der Waals surface area contributed by atoms with Crippen LogP contribution >= 0.6 is 40.1 Å². The first-order chi connectivity index (χ1) is 3.31. The van der Waals surface area contributed by atoms with Gasteiger partial charge in [0.15, 0.2) is 0 Å².